The zero-order valence-corrected chi connectivity index (χ0v) is 13.2. The van der Waals surface area contributed by atoms with Crippen molar-refractivity contribution < 1.29 is 0 Å². The molecule has 2 nitrogen and oxygen atoms in total. The number of hydrogen-bond donors (Lipinski definition) is 3. The summed E-state index contributed by atoms with van der Waals surface area (Å²) in [5.41, 5.74) is 0.996. The van der Waals surface area contributed by atoms with Gasteiger partial charge in [0.25, 0.3) is 0 Å². The molecule has 2 rings (SSSR count). The maximum Gasteiger partial charge on any atom is 0.170 e. The van der Waals surface area contributed by atoms with Crippen LogP contribution in [0.15, 0.2) is 41.3 Å². The summed E-state index contributed by atoms with van der Waals surface area (Å²) in [6, 6.07) is 12.2. The predicted octanol–water partition coefficient (Wildman–Crippen LogP) is 4.46. The van der Waals surface area contributed by atoms with Crippen LogP contribution in [0.4, 0.5) is 5.69 Å². The first-order valence-corrected chi connectivity index (χ1v) is 7.32. The predicted molar refractivity (Wildman–Crippen MR) is 92.4 cm³/mol. The molecular formula is C15H20N2S2. The zero-order valence-electron chi connectivity index (χ0n) is 11.5. The number of nitrogens with one attached hydrogen (secondary N) is 2. The van der Waals surface area contributed by atoms with Gasteiger partial charge in [0.1, 0.15) is 0 Å². The molecule has 2 aromatic rings. The van der Waals surface area contributed by atoms with Crippen molar-refractivity contribution in [2.45, 2.75) is 25.7 Å². The maximum absolute atomic E-state index is 5.14. The fourth-order valence-electron chi connectivity index (χ4n) is 1.65. The van der Waals surface area contributed by atoms with Crippen LogP contribution in [-0.2, 0) is 0 Å². The molecular weight excluding hydrogens is 272 g/mol. The van der Waals surface area contributed by atoms with E-state index in [0.717, 1.165) is 17.1 Å². The largest absolute Gasteiger partial charge is 0.363 e. The van der Waals surface area contributed by atoms with Crippen molar-refractivity contribution >= 4 is 46.4 Å². The minimum Gasteiger partial charge on any atom is -0.363 e. The monoisotopic (exact) mass is 292 g/mol. The first-order chi connectivity index (χ1) is 9.19. The van der Waals surface area contributed by atoms with E-state index >= 15 is 0 Å². The SMILES string of the molecule is CC.CCNC(=S)Nc1ccc2cc(S)ccc2c1. The van der Waals surface area contributed by atoms with Crippen LogP contribution in [0.3, 0.4) is 0 Å². The molecule has 2 aromatic carbocycles. The average molecular weight is 292 g/mol. The quantitative estimate of drug-likeness (QED) is 0.563. The van der Waals surface area contributed by atoms with Crippen molar-refractivity contribution in [1.82, 2.24) is 5.32 Å². The second-order valence-corrected chi connectivity index (χ2v) is 4.66. The summed E-state index contributed by atoms with van der Waals surface area (Å²) in [7, 11) is 0. The van der Waals surface area contributed by atoms with Crippen LogP contribution in [0.2, 0.25) is 0 Å². The van der Waals surface area contributed by atoms with Crippen molar-refractivity contribution in [2.75, 3.05) is 11.9 Å². The summed E-state index contributed by atoms with van der Waals surface area (Å²) in [5, 5.41) is 9.21. The van der Waals surface area contributed by atoms with Crippen LogP contribution < -0.4 is 10.6 Å². The molecule has 0 saturated carbocycles. The molecule has 0 amide bonds. The van der Waals surface area contributed by atoms with Crippen LogP contribution in [0.25, 0.3) is 10.8 Å². The zero-order chi connectivity index (χ0) is 14.3. The Hall–Kier alpha value is -1.26. The average Bonchev–Trinajstić information content (AvgIpc) is 2.41. The molecule has 102 valence electrons. The van der Waals surface area contributed by atoms with E-state index in [0.29, 0.717) is 5.11 Å². The van der Waals surface area contributed by atoms with Gasteiger partial charge in [-0.1, -0.05) is 26.0 Å². The molecule has 19 heavy (non-hydrogen) atoms. The number of rotatable bonds is 2. The number of thiocarbonyl (C=S) groups is 1. The van der Waals surface area contributed by atoms with Crippen LogP contribution in [-0.4, -0.2) is 11.7 Å². The lowest BCUT2D eigenvalue weighted by atomic mass is 10.1. The molecule has 0 aliphatic carbocycles. The van der Waals surface area contributed by atoms with Crippen molar-refractivity contribution in [2.24, 2.45) is 0 Å². The highest BCUT2D eigenvalue weighted by atomic mass is 32.1. The third-order valence-electron chi connectivity index (χ3n) is 2.42. The minimum atomic E-state index is 0.651. The van der Waals surface area contributed by atoms with E-state index in [1.807, 2.05) is 39.0 Å². The molecule has 0 atom stereocenters. The summed E-state index contributed by atoms with van der Waals surface area (Å²) in [6.07, 6.45) is 0. The summed E-state index contributed by atoms with van der Waals surface area (Å²) in [4.78, 5) is 0.973. The fraction of sp³-hybridized carbons (Fsp3) is 0.267. The smallest absolute Gasteiger partial charge is 0.170 e. The number of hydrogen-bond acceptors (Lipinski definition) is 2. The topological polar surface area (TPSA) is 24.1 Å². The highest BCUT2D eigenvalue weighted by Gasteiger charge is 1.99. The molecule has 4 heteroatoms. The van der Waals surface area contributed by atoms with Gasteiger partial charge in [-0.15, -0.1) is 12.6 Å². The molecule has 0 spiro atoms. The van der Waals surface area contributed by atoms with Gasteiger partial charge >= 0.3 is 0 Å². The molecule has 2 N–H and O–H groups in total. The Balaban J connectivity index is 0.000000861. The van der Waals surface area contributed by atoms with Gasteiger partial charge in [-0.3, -0.25) is 0 Å². The molecule has 0 bridgehead atoms. The number of fused-ring (bicyclic) bond motifs is 1. The lowest BCUT2D eigenvalue weighted by Gasteiger charge is -2.09. The lowest BCUT2D eigenvalue weighted by Crippen LogP contribution is -2.27. The fourth-order valence-corrected chi connectivity index (χ4v) is 2.12. The van der Waals surface area contributed by atoms with Gasteiger partial charge in [0.2, 0.25) is 0 Å². The number of thiol groups is 1. The van der Waals surface area contributed by atoms with Crippen LogP contribution in [0.1, 0.15) is 20.8 Å². The van der Waals surface area contributed by atoms with Gasteiger partial charge in [-0.2, -0.15) is 0 Å². The Morgan fingerprint density at radius 1 is 1.11 bits per heavy atom. The van der Waals surface area contributed by atoms with E-state index in [9.17, 15) is 0 Å². The molecule has 0 aromatic heterocycles. The van der Waals surface area contributed by atoms with Gasteiger partial charge in [0.15, 0.2) is 5.11 Å². The first kappa shape index (κ1) is 15.8. The van der Waals surface area contributed by atoms with Gasteiger partial charge in [-0.05, 0) is 54.2 Å². The standard InChI is InChI=1S/C13H14N2S2.C2H6/c1-2-14-13(17)15-11-5-3-10-8-12(16)6-4-9(10)7-11;1-2/h3-8,16H,2H2,1H3,(H2,14,15,17);1-2H3. The van der Waals surface area contributed by atoms with Gasteiger partial charge < -0.3 is 10.6 Å². The Kier molecular flexibility index (Phi) is 6.67. The Labute approximate surface area is 126 Å². The molecule has 0 unspecified atom stereocenters. The van der Waals surface area contributed by atoms with Gasteiger partial charge in [-0.25, -0.2) is 0 Å². The molecule has 0 saturated heterocycles. The lowest BCUT2D eigenvalue weighted by molar-refractivity contribution is 0.979. The highest BCUT2D eigenvalue weighted by molar-refractivity contribution is 7.80. The Bertz CT molecular complexity index is 553. The van der Waals surface area contributed by atoms with Crippen molar-refractivity contribution in [1.29, 1.82) is 0 Å². The first-order valence-electron chi connectivity index (χ1n) is 6.46. The second-order valence-electron chi connectivity index (χ2n) is 3.73. The summed E-state index contributed by atoms with van der Waals surface area (Å²) in [5.74, 6) is 0. The van der Waals surface area contributed by atoms with Crippen LogP contribution in [0.5, 0.6) is 0 Å². The van der Waals surface area contributed by atoms with Crippen molar-refractivity contribution in [3.05, 3.63) is 36.4 Å². The Morgan fingerprint density at radius 3 is 2.42 bits per heavy atom. The Morgan fingerprint density at radius 2 is 1.74 bits per heavy atom. The van der Waals surface area contributed by atoms with Gasteiger partial charge in [0, 0.05) is 17.1 Å². The van der Waals surface area contributed by atoms with Gasteiger partial charge in [0.05, 0.1) is 0 Å². The summed E-state index contributed by atoms with van der Waals surface area (Å²) < 4.78 is 0. The van der Waals surface area contributed by atoms with Crippen molar-refractivity contribution in [3.8, 4) is 0 Å². The third-order valence-corrected chi connectivity index (χ3v) is 2.94. The van der Waals surface area contributed by atoms with E-state index in [4.69, 9.17) is 12.2 Å². The molecule has 0 aliphatic heterocycles. The van der Waals surface area contributed by atoms with Crippen LogP contribution in [0, 0.1) is 0 Å². The molecule has 0 radical (unpaired) electrons. The van der Waals surface area contributed by atoms with E-state index < -0.39 is 0 Å². The van der Waals surface area contributed by atoms with E-state index in [1.165, 1.54) is 10.8 Å². The minimum absolute atomic E-state index is 0.651. The van der Waals surface area contributed by atoms with Crippen molar-refractivity contribution in [3.63, 3.8) is 0 Å². The normalized spacial score (nSPS) is 9.47. The highest BCUT2D eigenvalue weighted by Crippen LogP contribution is 2.21. The maximum atomic E-state index is 5.14. The van der Waals surface area contributed by atoms with E-state index in [2.05, 4.69) is 41.5 Å². The number of anilines is 1. The summed E-state index contributed by atoms with van der Waals surface area (Å²) >= 11 is 9.47. The van der Waals surface area contributed by atoms with Crippen LogP contribution >= 0.6 is 24.8 Å². The van der Waals surface area contributed by atoms with E-state index in [1.54, 1.807) is 0 Å². The van der Waals surface area contributed by atoms with E-state index in [-0.39, 0.29) is 0 Å². The molecule has 0 aliphatic rings. The third kappa shape index (κ3) is 4.73. The number of benzene rings is 2. The molecule has 0 heterocycles. The second kappa shape index (κ2) is 8.02. The molecule has 0 fully saturated rings. The summed E-state index contributed by atoms with van der Waals surface area (Å²) in [6.45, 7) is 6.84.